The minimum Gasteiger partial charge on any atom is -0.378 e. The Balaban J connectivity index is 1.61. The molecule has 0 N–H and O–H groups in total. The molecule has 0 amide bonds. The van der Waals surface area contributed by atoms with Gasteiger partial charge < -0.3 is 14.5 Å². The molecule has 2 aliphatic heterocycles. The average Bonchev–Trinajstić information content (AvgIpc) is 3.03. The topological polar surface area (TPSA) is 28.1 Å². The normalized spacial score (nSPS) is 22.2. The quantitative estimate of drug-likeness (QED) is 0.832. The molecule has 4 heteroatoms. The minimum absolute atomic E-state index is 0.497. The molecule has 1 unspecified atom stereocenters. The van der Waals surface area contributed by atoms with Gasteiger partial charge in [0.1, 0.15) is 5.84 Å². The molecule has 0 aromatic heterocycles. The molecule has 4 rings (SSSR count). The first-order valence-corrected chi connectivity index (χ1v) is 9.60. The number of hydrogen-bond donors (Lipinski definition) is 0. The van der Waals surface area contributed by atoms with Crippen LogP contribution in [0, 0.1) is 5.92 Å². The van der Waals surface area contributed by atoms with Crippen LogP contribution in [0.1, 0.15) is 18.9 Å². The highest BCUT2D eigenvalue weighted by Gasteiger charge is 2.26. The lowest BCUT2D eigenvalue weighted by Gasteiger charge is -2.30. The van der Waals surface area contributed by atoms with Crippen molar-refractivity contribution in [3.63, 3.8) is 0 Å². The molecule has 0 saturated carbocycles. The maximum Gasteiger partial charge on any atom is 0.108 e. The maximum atomic E-state index is 5.51. The van der Waals surface area contributed by atoms with Gasteiger partial charge in [-0.05, 0) is 24.1 Å². The van der Waals surface area contributed by atoms with Gasteiger partial charge in [-0.3, -0.25) is 0 Å². The van der Waals surface area contributed by atoms with Gasteiger partial charge in [0.25, 0.3) is 0 Å². The van der Waals surface area contributed by atoms with Gasteiger partial charge in [0.2, 0.25) is 0 Å². The highest BCUT2D eigenvalue weighted by atomic mass is 16.5. The predicted octanol–water partition coefficient (Wildman–Crippen LogP) is 4.10. The summed E-state index contributed by atoms with van der Waals surface area (Å²) in [4.78, 5) is 9.99. The summed E-state index contributed by atoms with van der Waals surface area (Å²) in [5.41, 5.74) is 3.65. The fourth-order valence-corrected chi connectivity index (χ4v) is 3.80. The fourth-order valence-electron chi connectivity index (χ4n) is 3.80. The van der Waals surface area contributed by atoms with Crippen LogP contribution in [-0.4, -0.2) is 43.6 Å². The molecule has 26 heavy (non-hydrogen) atoms. The van der Waals surface area contributed by atoms with Crippen molar-refractivity contribution in [1.29, 1.82) is 0 Å². The summed E-state index contributed by atoms with van der Waals surface area (Å²) in [6, 6.07) is 19.2. The number of hydrogen-bond acceptors (Lipinski definition) is 3. The number of rotatable bonds is 4. The van der Waals surface area contributed by atoms with Gasteiger partial charge in [0.05, 0.1) is 24.6 Å². The molecule has 2 aromatic rings. The van der Waals surface area contributed by atoms with Crippen molar-refractivity contribution in [3.05, 3.63) is 60.2 Å². The van der Waals surface area contributed by atoms with Gasteiger partial charge in [0, 0.05) is 32.1 Å². The third-order valence-corrected chi connectivity index (χ3v) is 5.28. The van der Waals surface area contributed by atoms with Gasteiger partial charge in [-0.2, -0.15) is 0 Å². The smallest absolute Gasteiger partial charge is 0.108 e. The standard InChI is InChI=1S/C22H27N3O/c1-18-11-12-25(17-19-7-3-2-4-8-19)22(18)23-20-9-5-6-10-21(20)24-13-15-26-16-14-24/h2-10,18H,11-17H2,1H3. The van der Waals surface area contributed by atoms with Crippen LogP contribution in [0.5, 0.6) is 0 Å². The molecule has 2 heterocycles. The average molecular weight is 349 g/mol. The Kier molecular flexibility index (Phi) is 5.21. The van der Waals surface area contributed by atoms with Crippen LogP contribution in [0.15, 0.2) is 59.6 Å². The highest BCUT2D eigenvalue weighted by molar-refractivity contribution is 5.90. The van der Waals surface area contributed by atoms with E-state index >= 15 is 0 Å². The molecule has 136 valence electrons. The summed E-state index contributed by atoms with van der Waals surface area (Å²) in [6.07, 6.45) is 1.17. The number of anilines is 1. The van der Waals surface area contributed by atoms with Crippen LogP contribution in [0.4, 0.5) is 11.4 Å². The highest BCUT2D eigenvalue weighted by Crippen LogP contribution is 2.32. The van der Waals surface area contributed by atoms with Gasteiger partial charge in [0.15, 0.2) is 0 Å². The molecule has 2 saturated heterocycles. The molecule has 0 radical (unpaired) electrons. The summed E-state index contributed by atoms with van der Waals surface area (Å²) < 4.78 is 5.51. The lowest BCUT2D eigenvalue weighted by molar-refractivity contribution is 0.123. The van der Waals surface area contributed by atoms with Gasteiger partial charge >= 0.3 is 0 Å². The predicted molar refractivity (Wildman–Crippen MR) is 107 cm³/mol. The zero-order chi connectivity index (χ0) is 17.8. The number of aliphatic imine (C=N–C) groups is 1. The minimum atomic E-state index is 0.497. The molecule has 2 aromatic carbocycles. The summed E-state index contributed by atoms with van der Waals surface area (Å²) in [7, 11) is 0. The van der Waals surface area contributed by atoms with Crippen molar-refractivity contribution in [2.24, 2.45) is 10.9 Å². The number of ether oxygens (including phenoxy) is 1. The van der Waals surface area contributed by atoms with Crippen molar-refractivity contribution < 1.29 is 4.74 Å². The third kappa shape index (κ3) is 3.75. The number of para-hydroxylation sites is 2. The molecular weight excluding hydrogens is 322 g/mol. The van der Waals surface area contributed by atoms with Crippen LogP contribution in [0.3, 0.4) is 0 Å². The largest absolute Gasteiger partial charge is 0.378 e. The summed E-state index contributed by atoms with van der Waals surface area (Å²) in [6.45, 7) is 7.76. The molecule has 0 spiro atoms. The molecular formula is C22H27N3O. The van der Waals surface area contributed by atoms with Gasteiger partial charge in [-0.15, -0.1) is 0 Å². The van der Waals surface area contributed by atoms with Crippen LogP contribution in [0.25, 0.3) is 0 Å². The second-order valence-corrected chi connectivity index (χ2v) is 7.16. The molecule has 0 aliphatic carbocycles. The number of morpholine rings is 1. The first-order valence-electron chi connectivity index (χ1n) is 9.60. The SMILES string of the molecule is CC1CCN(Cc2ccccc2)C1=Nc1ccccc1N1CCOCC1. The fraction of sp³-hybridized carbons (Fsp3) is 0.409. The third-order valence-electron chi connectivity index (χ3n) is 5.28. The number of amidine groups is 1. The molecule has 1 atom stereocenters. The Hall–Kier alpha value is -2.33. The Morgan fingerprint density at radius 3 is 2.50 bits per heavy atom. The van der Waals surface area contributed by atoms with Crippen molar-refractivity contribution in [3.8, 4) is 0 Å². The van der Waals surface area contributed by atoms with Crippen LogP contribution >= 0.6 is 0 Å². The second-order valence-electron chi connectivity index (χ2n) is 7.16. The van der Waals surface area contributed by atoms with E-state index in [9.17, 15) is 0 Å². The number of likely N-dealkylation sites (tertiary alicyclic amines) is 1. The van der Waals surface area contributed by atoms with E-state index in [1.165, 1.54) is 23.5 Å². The van der Waals surface area contributed by atoms with Crippen LogP contribution in [0.2, 0.25) is 0 Å². The van der Waals surface area contributed by atoms with E-state index in [4.69, 9.17) is 9.73 Å². The van der Waals surface area contributed by atoms with Crippen molar-refractivity contribution in [1.82, 2.24) is 4.90 Å². The van der Waals surface area contributed by atoms with E-state index in [2.05, 4.69) is 71.3 Å². The monoisotopic (exact) mass is 349 g/mol. The van der Waals surface area contributed by atoms with Crippen LogP contribution < -0.4 is 4.90 Å². The first kappa shape index (κ1) is 17.1. The van der Waals surface area contributed by atoms with E-state index in [1.807, 2.05) is 0 Å². The summed E-state index contributed by atoms with van der Waals surface area (Å²) in [5, 5.41) is 0. The van der Waals surface area contributed by atoms with Crippen molar-refractivity contribution >= 4 is 17.2 Å². The van der Waals surface area contributed by atoms with Gasteiger partial charge in [-0.1, -0.05) is 49.4 Å². The lowest BCUT2D eigenvalue weighted by Crippen LogP contribution is -2.36. The van der Waals surface area contributed by atoms with Crippen molar-refractivity contribution in [2.75, 3.05) is 37.7 Å². The summed E-state index contributed by atoms with van der Waals surface area (Å²) in [5.74, 6) is 1.71. The molecule has 4 nitrogen and oxygen atoms in total. The number of nitrogens with zero attached hydrogens (tertiary/aromatic N) is 3. The van der Waals surface area contributed by atoms with Gasteiger partial charge in [-0.25, -0.2) is 4.99 Å². The molecule has 2 aliphatic rings. The lowest BCUT2D eigenvalue weighted by atomic mass is 10.1. The Morgan fingerprint density at radius 2 is 1.69 bits per heavy atom. The second kappa shape index (κ2) is 7.92. The Bertz CT molecular complexity index is 753. The van der Waals surface area contributed by atoms with E-state index < -0.39 is 0 Å². The molecule has 0 bridgehead atoms. The van der Waals surface area contributed by atoms with E-state index in [0.29, 0.717) is 5.92 Å². The Labute approximate surface area is 156 Å². The van der Waals surface area contributed by atoms with E-state index in [1.54, 1.807) is 0 Å². The zero-order valence-electron chi connectivity index (χ0n) is 15.5. The van der Waals surface area contributed by atoms with E-state index in [-0.39, 0.29) is 0 Å². The molecule has 2 fully saturated rings. The van der Waals surface area contributed by atoms with E-state index in [0.717, 1.165) is 45.1 Å². The first-order chi connectivity index (χ1) is 12.8. The zero-order valence-corrected chi connectivity index (χ0v) is 15.5. The maximum absolute atomic E-state index is 5.51. The van der Waals surface area contributed by atoms with Crippen LogP contribution in [-0.2, 0) is 11.3 Å². The van der Waals surface area contributed by atoms with Crippen molar-refractivity contribution in [2.45, 2.75) is 19.9 Å². The Morgan fingerprint density at radius 1 is 0.962 bits per heavy atom. The summed E-state index contributed by atoms with van der Waals surface area (Å²) >= 11 is 0. The number of benzene rings is 2.